The van der Waals surface area contributed by atoms with Crippen LogP contribution in [0.5, 0.6) is 0 Å². The van der Waals surface area contributed by atoms with E-state index in [9.17, 15) is 5.11 Å². The highest BCUT2D eigenvalue weighted by Crippen LogP contribution is 2.32. The summed E-state index contributed by atoms with van der Waals surface area (Å²) in [5.41, 5.74) is 0. The maximum Gasteiger partial charge on any atom is 0.500 e. The van der Waals surface area contributed by atoms with Crippen molar-refractivity contribution in [3.8, 4) is 0 Å². The third kappa shape index (κ3) is 7.50. The molecule has 0 aromatic rings. The van der Waals surface area contributed by atoms with Crippen LogP contribution >= 0.6 is 0 Å². The second kappa shape index (κ2) is 10.9. The van der Waals surface area contributed by atoms with Gasteiger partial charge in [0.2, 0.25) is 0 Å². The Hall–Kier alpha value is 0.0169. The lowest BCUT2D eigenvalue weighted by Crippen LogP contribution is -2.45. The molecule has 1 fully saturated rings. The molecule has 6 heteroatoms. The van der Waals surface area contributed by atoms with Gasteiger partial charge in [0, 0.05) is 33.5 Å². The third-order valence-electron chi connectivity index (χ3n) is 4.63. The van der Waals surface area contributed by atoms with Crippen molar-refractivity contribution in [3.05, 3.63) is 0 Å². The van der Waals surface area contributed by atoms with Crippen LogP contribution in [-0.2, 0) is 18.0 Å². The maximum absolute atomic E-state index is 10.2. The normalized spacial score (nSPS) is 25.6. The largest absolute Gasteiger partial charge is 0.500 e. The van der Waals surface area contributed by atoms with E-state index >= 15 is 0 Å². The lowest BCUT2D eigenvalue weighted by atomic mass is 9.84. The molecule has 1 rings (SSSR count). The molecule has 0 aromatic carbocycles. The van der Waals surface area contributed by atoms with Gasteiger partial charge in [0.1, 0.15) is 0 Å². The number of aliphatic hydroxyl groups is 1. The van der Waals surface area contributed by atoms with Crippen LogP contribution < -0.4 is 0 Å². The minimum absolute atomic E-state index is 0.0381. The highest BCUT2D eigenvalue weighted by molar-refractivity contribution is 6.60. The van der Waals surface area contributed by atoms with Gasteiger partial charge in [0.25, 0.3) is 0 Å². The zero-order chi connectivity index (χ0) is 18.2. The standard InChI is InChI=1S/C18H38O5Si/c1-14(2)12-22-18-11-16(7-8-17(18)19)9-10-24(20-5,21-6)23-13-15(3)4/h14-19H,7-13H2,1-6H3. The lowest BCUT2D eigenvalue weighted by Gasteiger charge is -2.35. The summed E-state index contributed by atoms with van der Waals surface area (Å²) < 4.78 is 23.3. The Balaban J connectivity index is 2.51. The summed E-state index contributed by atoms with van der Waals surface area (Å²) in [6.07, 6.45) is 3.39. The Kier molecular flexibility index (Phi) is 10.0. The summed E-state index contributed by atoms with van der Waals surface area (Å²) in [7, 11) is 0.811. The van der Waals surface area contributed by atoms with E-state index in [0.29, 0.717) is 31.0 Å². The lowest BCUT2D eigenvalue weighted by molar-refractivity contribution is -0.0788. The molecular formula is C18H38O5Si. The predicted molar refractivity (Wildman–Crippen MR) is 97.9 cm³/mol. The van der Waals surface area contributed by atoms with Crippen molar-refractivity contribution in [1.29, 1.82) is 0 Å². The zero-order valence-corrected chi connectivity index (χ0v) is 17.4. The summed E-state index contributed by atoms with van der Waals surface area (Å²) in [6, 6.07) is 0.824. The summed E-state index contributed by atoms with van der Waals surface area (Å²) >= 11 is 0. The molecule has 3 unspecified atom stereocenters. The van der Waals surface area contributed by atoms with E-state index in [2.05, 4.69) is 27.7 Å². The molecule has 0 saturated heterocycles. The van der Waals surface area contributed by atoms with Crippen molar-refractivity contribution in [2.45, 2.75) is 71.6 Å². The SMILES string of the molecule is CO[Si](CCC1CCC(O)C(OCC(C)C)C1)(OC)OCC(C)C. The quantitative estimate of drug-likeness (QED) is 0.570. The highest BCUT2D eigenvalue weighted by Gasteiger charge is 2.40. The smallest absolute Gasteiger partial charge is 0.390 e. The molecule has 0 radical (unpaired) electrons. The molecule has 0 bridgehead atoms. The molecule has 0 spiro atoms. The Morgan fingerprint density at radius 2 is 1.62 bits per heavy atom. The maximum atomic E-state index is 10.2. The van der Waals surface area contributed by atoms with Crippen LogP contribution in [0.1, 0.15) is 53.4 Å². The van der Waals surface area contributed by atoms with Gasteiger partial charge in [-0.3, -0.25) is 0 Å². The number of aliphatic hydroxyl groups excluding tert-OH is 1. The molecule has 0 aromatic heterocycles. The topological polar surface area (TPSA) is 57.2 Å². The van der Waals surface area contributed by atoms with Crippen molar-refractivity contribution in [2.24, 2.45) is 17.8 Å². The van der Waals surface area contributed by atoms with Gasteiger partial charge in [-0.15, -0.1) is 0 Å². The van der Waals surface area contributed by atoms with E-state index in [4.69, 9.17) is 18.0 Å². The zero-order valence-electron chi connectivity index (χ0n) is 16.4. The first kappa shape index (κ1) is 22.1. The summed E-state index contributed by atoms with van der Waals surface area (Å²) in [6.45, 7) is 9.90. The molecule has 1 saturated carbocycles. The summed E-state index contributed by atoms with van der Waals surface area (Å²) in [4.78, 5) is 0. The second-order valence-electron chi connectivity index (χ2n) is 7.85. The molecule has 1 aliphatic carbocycles. The number of hydrogen-bond donors (Lipinski definition) is 1. The van der Waals surface area contributed by atoms with Crippen LogP contribution in [0, 0.1) is 17.8 Å². The fourth-order valence-corrected chi connectivity index (χ4v) is 5.41. The first-order valence-electron chi connectivity index (χ1n) is 9.35. The molecule has 0 aliphatic heterocycles. The molecule has 144 valence electrons. The van der Waals surface area contributed by atoms with Gasteiger partial charge < -0.3 is 23.1 Å². The van der Waals surface area contributed by atoms with Gasteiger partial charge in [-0.1, -0.05) is 27.7 Å². The van der Waals surface area contributed by atoms with Crippen LogP contribution in [0.25, 0.3) is 0 Å². The van der Waals surface area contributed by atoms with Crippen molar-refractivity contribution < 1.29 is 23.1 Å². The van der Waals surface area contributed by atoms with Gasteiger partial charge >= 0.3 is 8.80 Å². The number of hydrogen-bond acceptors (Lipinski definition) is 5. The monoisotopic (exact) mass is 362 g/mol. The number of rotatable bonds is 11. The van der Waals surface area contributed by atoms with Crippen molar-refractivity contribution in [3.63, 3.8) is 0 Å². The van der Waals surface area contributed by atoms with E-state index < -0.39 is 8.80 Å². The molecule has 24 heavy (non-hydrogen) atoms. The third-order valence-corrected chi connectivity index (χ3v) is 7.38. The average molecular weight is 363 g/mol. The Labute approximate surface area is 149 Å². The van der Waals surface area contributed by atoms with E-state index in [1.807, 2.05) is 0 Å². The molecule has 0 amide bonds. The number of ether oxygens (including phenoxy) is 1. The van der Waals surface area contributed by atoms with E-state index in [1.54, 1.807) is 14.2 Å². The van der Waals surface area contributed by atoms with Gasteiger partial charge in [-0.2, -0.15) is 0 Å². The van der Waals surface area contributed by atoms with Crippen LogP contribution in [0.3, 0.4) is 0 Å². The fraction of sp³-hybridized carbons (Fsp3) is 1.00. The second-order valence-corrected chi connectivity index (χ2v) is 10.8. The molecule has 1 N–H and O–H groups in total. The Morgan fingerprint density at radius 3 is 2.17 bits per heavy atom. The van der Waals surface area contributed by atoms with Crippen molar-refractivity contribution in [1.82, 2.24) is 0 Å². The van der Waals surface area contributed by atoms with E-state index in [0.717, 1.165) is 31.7 Å². The molecule has 3 atom stereocenters. The molecule has 1 aliphatic rings. The minimum atomic E-state index is -2.57. The summed E-state index contributed by atoms with van der Waals surface area (Å²) in [5.74, 6) is 1.48. The predicted octanol–water partition coefficient (Wildman–Crippen LogP) is 3.48. The van der Waals surface area contributed by atoms with Crippen molar-refractivity contribution >= 4 is 8.80 Å². The Bertz CT molecular complexity index is 333. The first-order valence-corrected chi connectivity index (χ1v) is 11.3. The molecule has 5 nitrogen and oxygen atoms in total. The van der Waals surface area contributed by atoms with Gasteiger partial charge in [0.05, 0.1) is 12.2 Å². The van der Waals surface area contributed by atoms with Crippen LogP contribution in [0.15, 0.2) is 0 Å². The van der Waals surface area contributed by atoms with Gasteiger partial charge in [0.15, 0.2) is 0 Å². The minimum Gasteiger partial charge on any atom is -0.390 e. The van der Waals surface area contributed by atoms with Gasteiger partial charge in [-0.25, -0.2) is 0 Å². The molecular weight excluding hydrogens is 324 g/mol. The van der Waals surface area contributed by atoms with Crippen LogP contribution in [0.2, 0.25) is 6.04 Å². The fourth-order valence-electron chi connectivity index (χ4n) is 3.11. The van der Waals surface area contributed by atoms with Crippen molar-refractivity contribution in [2.75, 3.05) is 27.4 Å². The average Bonchev–Trinajstić information content (AvgIpc) is 2.55. The van der Waals surface area contributed by atoms with E-state index in [-0.39, 0.29) is 12.2 Å². The highest BCUT2D eigenvalue weighted by atomic mass is 28.4. The van der Waals surface area contributed by atoms with Crippen LogP contribution in [0.4, 0.5) is 0 Å². The Morgan fingerprint density at radius 1 is 1.00 bits per heavy atom. The van der Waals surface area contributed by atoms with Crippen LogP contribution in [-0.4, -0.2) is 53.6 Å². The molecule has 0 heterocycles. The first-order chi connectivity index (χ1) is 11.3. The summed E-state index contributed by atoms with van der Waals surface area (Å²) in [5, 5.41) is 10.2. The van der Waals surface area contributed by atoms with Gasteiger partial charge in [-0.05, 0) is 43.4 Å². The van der Waals surface area contributed by atoms with E-state index in [1.165, 1.54) is 0 Å².